The van der Waals surface area contributed by atoms with Gasteiger partial charge in [-0.15, -0.1) is 0 Å². The molecule has 0 saturated carbocycles. The molecule has 2 N–H and O–H groups in total. The summed E-state index contributed by atoms with van der Waals surface area (Å²) in [5.41, 5.74) is 8.75. The maximum absolute atomic E-state index is 6.00. The van der Waals surface area contributed by atoms with E-state index in [1.807, 2.05) is 35.1 Å². The number of rotatable bonds is 2. The van der Waals surface area contributed by atoms with Crippen molar-refractivity contribution in [1.82, 2.24) is 9.78 Å². The van der Waals surface area contributed by atoms with E-state index in [2.05, 4.69) is 25.9 Å². The summed E-state index contributed by atoms with van der Waals surface area (Å²) in [6.07, 6.45) is 1.88. The van der Waals surface area contributed by atoms with Gasteiger partial charge in [0.25, 0.3) is 0 Å². The molecule has 0 radical (unpaired) electrons. The minimum absolute atomic E-state index is 0.0380. The van der Waals surface area contributed by atoms with E-state index in [1.54, 1.807) is 0 Å². The molecule has 18 heavy (non-hydrogen) atoms. The van der Waals surface area contributed by atoms with E-state index in [-0.39, 0.29) is 5.41 Å². The maximum atomic E-state index is 6.00. The topological polar surface area (TPSA) is 43.8 Å². The van der Waals surface area contributed by atoms with E-state index in [0.717, 1.165) is 22.0 Å². The lowest BCUT2D eigenvalue weighted by Gasteiger charge is -2.15. The zero-order valence-corrected chi connectivity index (χ0v) is 11.7. The van der Waals surface area contributed by atoms with Gasteiger partial charge in [-0.2, -0.15) is 5.10 Å². The van der Waals surface area contributed by atoms with Crippen molar-refractivity contribution in [3.8, 4) is 0 Å². The average Bonchev–Trinajstić information content (AvgIpc) is 2.59. The molecule has 2 rings (SSSR count). The lowest BCUT2D eigenvalue weighted by atomic mass is 9.92. The van der Waals surface area contributed by atoms with Crippen LogP contribution in [0.15, 0.2) is 30.5 Å². The van der Waals surface area contributed by atoms with Crippen molar-refractivity contribution in [2.75, 3.05) is 5.73 Å². The normalized spacial score (nSPS) is 11.8. The van der Waals surface area contributed by atoms with Gasteiger partial charge in [0.1, 0.15) is 0 Å². The Morgan fingerprint density at radius 1 is 1.33 bits per heavy atom. The predicted molar refractivity (Wildman–Crippen MR) is 75.9 cm³/mol. The first-order valence-corrected chi connectivity index (χ1v) is 6.32. The van der Waals surface area contributed by atoms with E-state index < -0.39 is 0 Å². The third-order valence-electron chi connectivity index (χ3n) is 2.73. The molecule has 4 heteroatoms. The van der Waals surface area contributed by atoms with Crippen molar-refractivity contribution in [2.24, 2.45) is 0 Å². The largest absolute Gasteiger partial charge is 0.396 e. The third-order valence-corrected chi connectivity index (χ3v) is 2.97. The van der Waals surface area contributed by atoms with Gasteiger partial charge in [0.2, 0.25) is 0 Å². The first kappa shape index (κ1) is 13.0. The number of halogens is 1. The predicted octanol–water partition coefficient (Wildman–Crippen LogP) is 3.46. The van der Waals surface area contributed by atoms with E-state index in [9.17, 15) is 0 Å². The fraction of sp³-hybridized carbons (Fsp3) is 0.357. The first-order chi connectivity index (χ1) is 8.36. The van der Waals surface area contributed by atoms with Crippen LogP contribution in [-0.2, 0) is 12.0 Å². The number of benzene rings is 1. The fourth-order valence-corrected chi connectivity index (χ4v) is 2.14. The second-order valence-corrected chi connectivity index (χ2v) is 5.95. The SMILES string of the molecule is CC(C)(C)c1nn(Cc2cccc(Cl)c2)cc1N. The lowest BCUT2D eigenvalue weighted by Crippen LogP contribution is -2.14. The van der Waals surface area contributed by atoms with E-state index >= 15 is 0 Å². The minimum atomic E-state index is -0.0380. The van der Waals surface area contributed by atoms with Gasteiger partial charge in [0.05, 0.1) is 17.9 Å². The molecule has 0 unspecified atom stereocenters. The summed E-state index contributed by atoms with van der Waals surface area (Å²) in [5.74, 6) is 0. The average molecular weight is 264 g/mol. The highest BCUT2D eigenvalue weighted by molar-refractivity contribution is 6.30. The number of nitrogens with two attached hydrogens (primary N) is 1. The molecule has 0 aliphatic heterocycles. The smallest absolute Gasteiger partial charge is 0.0907 e. The molecule has 0 saturated heterocycles. The van der Waals surface area contributed by atoms with Crippen LogP contribution in [0.25, 0.3) is 0 Å². The molecule has 1 aromatic heterocycles. The number of hydrogen-bond acceptors (Lipinski definition) is 2. The summed E-state index contributed by atoms with van der Waals surface area (Å²) in [6, 6.07) is 7.77. The Hall–Kier alpha value is -1.48. The second kappa shape index (κ2) is 4.65. The molecule has 0 atom stereocenters. The number of nitrogens with zero attached hydrogens (tertiary/aromatic N) is 2. The van der Waals surface area contributed by atoms with Crippen molar-refractivity contribution in [2.45, 2.75) is 32.7 Å². The summed E-state index contributed by atoms with van der Waals surface area (Å²) in [6.45, 7) is 7.00. The van der Waals surface area contributed by atoms with Gasteiger partial charge in [0.15, 0.2) is 0 Å². The molecule has 96 valence electrons. The molecule has 1 aromatic carbocycles. The highest BCUT2D eigenvalue weighted by Gasteiger charge is 2.20. The van der Waals surface area contributed by atoms with E-state index in [1.165, 1.54) is 0 Å². The number of anilines is 1. The fourth-order valence-electron chi connectivity index (χ4n) is 1.92. The van der Waals surface area contributed by atoms with Gasteiger partial charge in [-0.25, -0.2) is 0 Å². The quantitative estimate of drug-likeness (QED) is 0.902. The van der Waals surface area contributed by atoms with Crippen molar-refractivity contribution in [3.05, 3.63) is 46.7 Å². The molecule has 0 bridgehead atoms. The number of aromatic nitrogens is 2. The third kappa shape index (κ3) is 2.85. The zero-order valence-electron chi connectivity index (χ0n) is 10.9. The highest BCUT2D eigenvalue weighted by Crippen LogP contribution is 2.26. The van der Waals surface area contributed by atoms with E-state index in [4.69, 9.17) is 17.3 Å². The van der Waals surface area contributed by atoms with Crippen LogP contribution in [-0.4, -0.2) is 9.78 Å². The van der Waals surface area contributed by atoms with Crippen molar-refractivity contribution in [1.29, 1.82) is 0 Å². The summed E-state index contributed by atoms with van der Waals surface area (Å²) in [4.78, 5) is 0. The Balaban J connectivity index is 2.26. The number of hydrogen-bond donors (Lipinski definition) is 1. The molecule has 1 heterocycles. The summed E-state index contributed by atoms with van der Waals surface area (Å²) in [7, 11) is 0. The minimum Gasteiger partial charge on any atom is -0.396 e. The molecular formula is C14H18ClN3. The van der Waals surface area contributed by atoms with Crippen LogP contribution in [0.4, 0.5) is 5.69 Å². The molecule has 0 fully saturated rings. The Bertz CT molecular complexity index is 552. The second-order valence-electron chi connectivity index (χ2n) is 5.51. The molecule has 0 aliphatic carbocycles. The van der Waals surface area contributed by atoms with Gasteiger partial charge in [-0.1, -0.05) is 44.5 Å². The molecule has 0 amide bonds. The summed E-state index contributed by atoms with van der Waals surface area (Å²) in [5, 5.41) is 5.29. The van der Waals surface area contributed by atoms with Crippen LogP contribution >= 0.6 is 11.6 Å². The van der Waals surface area contributed by atoms with Gasteiger partial charge in [0, 0.05) is 16.6 Å². The first-order valence-electron chi connectivity index (χ1n) is 5.94. The Kier molecular flexibility index (Phi) is 3.35. The number of nitrogen functional groups attached to an aromatic ring is 1. The van der Waals surface area contributed by atoms with E-state index in [0.29, 0.717) is 6.54 Å². The van der Waals surface area contributed by atoms with Crippen LogP contribution in [0.3, 0.4) is 0 Å². The lowest BCUT2D eigenvalue weighted by molar-refractivity contribution is 0.546. The molecule has 0 aliphatic rings. The molecule has 3 nitrogen and oxygen atoms in total. The molecular weight excluding hydrogens is 246 g/mol. The zero-order chi connectivity index (χ0) is 13.3. The van der Waals surface area contributed by atoms with Crippen molar-refractivity contribution >= 4 is 17.3 Å². The van der Waals surface area contributed by atoms with Gasteiger partial charge in [-0.05, 0) is 17.7 Å². The highest BCUT2D eigenvalue weighted by atomic mass is 35.5. The molecule has 2 aromatic rings. The van der Waals surface area contributed by atoms with Crippen LogP contribution < -0.4 is 5.73 Å². The standard InChI is InChI=1S/C14H18ClN3/c1-14(2,3)13-12(16)9-18(17-13)8-10-5-4-6-11(15)7-10/h4-7,9H,8,16H2,1-3H3. The van der Waals surface area contributed by atoms with Crippen LogP contribution in [0.1, 0.15) is 32.0 Å². The molecule has 0 spiro atoms. The maximum Gasteiger partial charge on any atom is 0.0907 e. The van der Waals surface area contributed by atoms with Crippen molar-refractivity contribution in [3.63, 3.8) is 0 Å². The van der Waals surface area contributed by atoms with Crippen LogP contribution in [0.2, 0.25) is 5.02 Å². The van der Waals surface area contributed by atoms with Crippen molar-refractivity contribution < 1.29 is 0 Å². The van der Waals surface area contributed by atoms with Gasteiger partial charge in [-0.3, -0.25) is 4.68 Å². The Morgan fingerprint density at radius 3 is 2.61 bits per heavy atom. The van der Waals surface area contributed by atoms with Crippen LogP contribution in [0.5, 0.6) is 0 Å². The Labute approximate surface area is 113 Å². The van der Waals surface area contributed by atoms with Crippen LogP contribution in [0, 0.1) is 0 Å². The summed E-state index contributed by atoms with van der Waals surface area (Å²) < 4.78 is 1.86. The Morgan fingerprint density at radius 2 is 2.06 bits per heavy atom. The van der Waals surface area contributed by atoms with Gasteiger partial charge >= 0.3 is 0 Å². The summed E-state index contributed by atoms with van der Waals surface area (Å²) >= 11 is 5.97. The van der Waals surface area contributed by atoms with Gasteiger partial charge < -0.3 is 5.73 Å². The monoisotopic (exact) mass is 263 g/mol.